The molecular weight excluding hydrogens is 286 g/mol. The Balaban J connectivity index is 1.63. The van der Waals surface area contributed by atoms with Crippen LogP contribution in [-0.4, -0.2) is 26.2 Å². The van der Waals surface area contributed by atoms with E-state index in [2.05, 4.69) is 46.0 Å². The molecule has 2 aromatic carbocycles. The monoisotopic (exact) mass is 311 g/mol. The number of nitrogens with zero attached hydrogens (tertiary/aromatic N) is 1. The summed E-state index contributed by atoms with van der Waals surface area (Å²) in [4.78, 5) is 4.33. The maximum atomic E-state index is 5.27. The molecule has 0 heterocycles. The van der Waals surface area contributed by atoms with Gasteiger partial charge in [0.2, 0.25) is 0 Å². The van der Waals surface area contributed by atoms with Crippen LogP contribution in [0, 0.1) is 0 Å². The fourth-order valence-corrected chi connectivity index (χ4v) is 3.15. The Morgan fingerprint density at radius 2 is 1.87 bits per heavy atom. The predicted octanol–water partition coefficient (Wildman–Crippen LogP) is 3.46. The molecule has 0 amide bonds. The molecule has 0 bridgehead atoms. The maximum Gasteiger partial charge on any atom is 0.191 e. The molecule has 122 valence electrons. The lowest BCUT2D eigenvalue weighted by Gasteiger charge is -2.17. The predicted molar refractivity (Wildman–Crippen MR) is 96.1 cm³/mol. The molecule has 0 atom stereocenters. The minimum Gasteiger partial charge on any atom is -0.497 e. The molecule has 0 saturated heterocycles. The van der Waals surface area contributed by atoms with Gasteiger partial charge in [-0.05, 0) is 47.4 Å². The number of benzene rings is 2. The SMILES string of the molecule is CN=C(NCc1ccc2cc(OC)ccc2c1)NC1CCCC1. The van der Waals surface area contributed by atoms with Crippen molar-refractivity contribution >= 4 is 16.7 Å². The number of rotatable bonds is 4. The van der Waals surface area contributed by atoms with E-state index in [4.69, 9.17) is 4.74 Å². The molecule has 0 spiro atoms. The molecule has 2 aromatic rings. The molecule has 4 heteroatoms. The molecule has 3 rings (SSSR count). The van der Waals surface area contributed by atoms with Crippen molar-refractivity contribution in [3.05, 3.63) is 42.0 Å². The van der Waals surface area contributed by atoms with Crippen LogP contribution < -0.4 is 15.4 Å². The van der Waals surface area contributed by atoms with E-state index in [9.17, 15) is 0 Å². The van der Waals surface area contributed by atoms with Gasteiger partial charge in [-0.2, -0.15) is 0 Å². The van der Waals surface area contributed by atoms with Gasteiger partial charge >= 0.3 is 0 Å². The largest absolute Gasteiger partial charge is 0.497 e. The van der Waals surface area contributed by atoms with Crippen molar-refractivity contribution in [2.75, 3.05) is 14.2 Å². The number of nitrogens with one attached hydrogen (secondary N) is 2. The van der Waals surface area contributed by atoms with Crippen LogP contribution in [-0.2, 0) is 6.54 Å². The van der Waals surface area contributed by atoms with E-state index in [0.717, 1.165) is 18.3 Å². The summed E-state index contributed by atoms with van der Waals surface area (Å²) < 4.78 is 5.27. The van der Waals surface area contributed by atoms with Gasteiger partial charge in [0.1, 0.15) is 5.75 Å². The van der Waals surface area contributed by atoms with E-state index in [1.54, 1.807) is 7.11 Å². The summed E-state index contributed by atoms with van der Waals surface area (Å²) in [5, 5.41) is 9.35. The number of hydrogen-bond acceptors (Lipinski definition) is 2. The number of aliphatic imine (C=N–C) groups is 1. The zero-order valence-electron chi connectivity index (χ0n) is 13.9. The molecule has 1 aliphatic carbocycles. The molecule has 1 saturated carbocycles. The zero-order chi connectivity index (χ0) is 16.1. The Bertz CT molecular complexity index is 690. The lowest BCUT2D eigenvalue weighted by Crippen LogP contribution is -2.41. The zero-order valence-corrected chi connectivity index (χ0v) is 13.9. The van der Waals surface area contributed by atoms with Gasteiger partial charge in [-0.3, -0.25) is 4.99 Å². The van der Waals surface area contributed by atoms with Crippen LogP contribution in [0.25, 0.3) is 10.8 Å². The summed E-state index contributed by atoms with van der Waals surface area (Å²) in [5.41, 5.74) is 1.25. The van der Waals surface area contributed by atoms with Gasteiger partial charge in [-0.15, -0.1) is 0 Å². The van der Waals surface area contributed by atoms with E-state index in [1.807, 2.05) is 13.1 Å². The number of ether oxygens (including phenoxy) is 1. The van der Waals surface area contributed by atoms with Gasteiger partial charge in [0.15, 0.2) is 5.96 Å². The first-order chi connectivity index (χ1) is 11.3. The third-order valence-corrected chi connectivity index (χ3v) is 4.49. The summed E-state index contributed by atoms with van der Waals surface area (Å²) in [6, 6.07) is 13.2. The molecule has 1 fully saturated rings. The maximum absolute atomic E-state index is 5.27. The Morgan fingerprint density at radius 3 is 2.61 bits per heavy atom. The highest BCUT2D eigenvalue weighted by atomic mass is 16.5. The molecule has 1 aliphatic rings. The number of guanidine groups is 1. The standard InChI is InChI=1S/C19H25N3O/c1-20-19(22-17-5-3-4-6-17)21-13-14-7-8-16-12-18(23-2)10-9-15(16)11-14/h7-12,17H,3-6,13H2,1-2H3,(H2,20,21,22). The first kappa shape index (κ1) is 15.7. The van der Waals surface area contributed by atoms with E-state index in [0.29, 0.717) is 6.04 Å². The summed E-state index contributed by atoms with van der Waals surface area (Å²) in [5.74, 6) is 1.79. The second-order valence-corrected chi connectivity index (χ2v) is 6.10. The lowest BCUT2D eigenvalue weighted by atomic mass is 10.1. The first-order valence-electron chi connectivity index (χ1n) is 8.32. The third-order valence-electron chi connectivity index (χ3n) is 4.49. The minimum absolute atomic E-state index is 0.574. The fourth-order valence-electron chi connectivity index (χ4n) is 3.15. The van der Waals surface area contributed by atoms with Crippen molar-refractivity contribution in [1.29, 1.82) is 0 Å². The van der Waals surface area contributed by atoms with Crippen LogP contribution in [0.4, 0.5) is 0 Å². The highest BCUT2D eigenvalue weighted by molar-refractivity contribution is 5.85. The Morgan fingerprint density at radius 1 is 1.13 bits per heavy atom. The van der Waals surface area contributed by atoms with Crippen LogP contribution in [0.1, 0.15) is 31.2 Å². The molecule has 0 radical (unpaired) electrons. The second-order valence-electron chi connectivity index (χ2n) is 6.10. The molecule has 4 nitrogen and oxygen atoms in total. The molecule has 0 unspecified atom stereocenters. The van der Waals surface area contributed by atoms with Crippen molar-refractivity contribution in [2.24, 2.45) is 4.99 Å². The van der Waals surface area contributed by atoms with Crippen LogP contribution >= 0.6 is 0 Å². The van der Waals surface area contributed by atoms with Gasteiger partial charge in [0.05, 0.1) is 7.11 Å². The Labute approximate surface area is 138 Å². The van der Waals surface area contributed by atoms with Gasteiger partial charge in [0, 0.05) is 19.6 Å². The van der Waals surface area contributed by atoms with Gasteiger partial charge in [0.25, 0.3) is 0 Å². The first-order valence-corrected chi connectivity index (χ1v) is 8.32. The van der Waals surface area contributed by atoms with Crippen LogP contribution in [0.3, 0.4) is 0 Å². The minimum atomic E-state index is 0.574. The lowest BCUT2D eigenvalue weighted by molar-refractivity contribution is 0.415. The van der Waals surface area contributed by atoms with Crippen LogP contribution in [0.2, 0.25) is 0 Å². The van der Waals surface area contributed by atoms with Crippen LogP contribution in [0.15, 0.2) is 41.4 Å². The summed E-state index contributed by atoms with van der Waals surface area (Å²) >= 11 is 0. The Kier molecular flexibility index (Phi) is 5.01. The quantitative estimate of drug-likeness (QED) is 0.671. The number of fused-ring (bicyclic) bond motifs is 1. The average molecular weight is 311 g/mol. The second kappa shape index (κ2) is 7.36. The highest BCUT2D eigenvalue weighted by Crippen LogP contribution is 2.22. The summed E-state index contributed by atoms with van der Waals surface area (Å²) in [6.07, 6.45) is 5.14. The topological polar surface area (TPSA) is 45.7 Å². The van der Waals surface area contributed by atoms with Crippen molar-refractivity contribution < 1.29 is 4.74 Å². The molecule has 0 aromatic heterocycles. The third kappa shape index (κ3) is 3.95. The van der Waals surface area contributed by atoms with E-state index in [-0.39, 0.29) is 0 Å². The van der Waals surface area contributed by atoms with Crippen molar-refractivity contribution in [1.82, 2.24) is 10.6 Å². The summed E-state index contributed by atoms with van der Waals surface area (Å²) in [6.45, 7) is 0.772. The smallest absolute Gasteiger partial charge is 0.191 e. The van der Waals surface area contributed by atoms with E-state index >= 15 is 0 Å². The van der Waals surface area contributed by atoms with Gasteiger partial charge < -0.3 is 15.4 Å². The molecule has 23 heavy (non-hydrogen) atoms. The highest BCUT2D eigenvalue weighted by Gasteiger charge is 2.15. The van der Waals surface area contributed by atoms with Gasteiger partial charge in [-0.1, -0.05) is 31.0 Å². The molecule has 0 aliphatic heterocycles. The molecular formula is C19H25N3O. The number of methoxy groups -OCH3 is 1. The van der Waals surface area contributed by atoms with Crippen molar-refractivity contribution in [3.63, 3.8) is 0 Å². The normalized spacial score (nSPS) is 15.8. The molecule has 2 N–H and O–H groups in total. The van der Waals surface area contributed by atoms with E-state index < -0.39 is 0 Å². The van der Waals surface area contributed by atoms with Gasteiger partial charge in [-0.25, -0.2) is 0 Å². The van der Waals surface area contributed by atoms with Crippen molar-refractivity contribution in [3.8, 4) is 5.75 Å². The van der Waals surface area contributed by atoms with Crippen molar-refractivity contribution in [2.45, 2.75) is 38.3 Å². The fraction of sp³-hybridized carbons (Fsp3) is 0.421. The van der Waals surface area contributed by atoms with Crippen LogP contribution in [0.5, 0.6) is 5.75 Å². The number of hydrogen-bond donors (Lipinski definition) is 2. The Hall–Kier alpha value is -2.23. The van der Waals surface area contributed by atoms with E-state index in [1.165, 1.54) is 42.0 Å². The average Bonchev–Trinajstić information content (AvgIpc) is 3.11. The summed E-state index contributed by atoms with van der Waals surface area (Å²) in [7, 11) is 3.53.